The molecule has 0 bridgehead atoms. The Morgan fingerprint density at radius 2 is 1.86 bits per heavy atom. The van der Waals surface area contributed by atoms with Crippen LogP contribution in [0.3, 0.4) is 0 Å². The van der Waals surface area contributed by atoms with Crippen LogP contribution in [0.25, 0.3) is 0 Å². The fourth-order valence-electron chi connectivity index (χ4n) is 2.53. The SMILES string of the molecule is CCC(C(=O)O)C(C[N+](=O)[O-])(c1ccccc1)C(F)(F)F. The Kier molecular flexibility index (Phi) is 4.93. The van der Waals surface area contributed by atoms with Gasteiger partial charge in [-0.25, -0.2) is 0 Å². The Balaban J connectivity index is 3.65. The van der Waals surface area contributed by atoms with Gasteiger partial charge in [0.2, 0.25) is 6.54 Å². The number of alkyl halides is 3. The maximum atomic E-state index is 13.7. The number of carbonyl (C=O) groups is 1. The third-order valence-corrected chi connectivity index (χ3v) is 3.47. The highest BCUT2D eigenvalue weighted by Crippen LogP contribution is 2.48. The lowest BCUT2D eigenvalue weighted by atomic mass is 9.68. The van der Waals surface area contributed by atoms with Crippen molar-refractivity contribution in [3.05, 3.63) is 46.0 Å². The van der Waals surface area contributed by atoms with E-state index in [1.165, 1.54) is 25.1 Å². The van der Waals surface area contributed by atoms with Gasteiger partial charge in [-0.1, -0.05) is 37.3 Å². The van der Waals surface area contributed by atoms with E-state index in [0.29, 0.717) is 0 Å². The summed E-state index contributed by atoms with van der Waals surface area (Å²) in [6.07, 6.45) is -5.45. The minimum Gasteiger partial charge on any atom is -0.481 e. The van der Waals surface area contributed by atoms with Gasteiger partial charge in [-0.05, 0) is 12.0 Å². The fraction of sp³-hybridized carbons (Fsp3) is 0.462. The second kappa shape index (κ2) is 6.11. The van der Waals surface area contributed by atoms with Crippen LogP contribution >= 0.6 is 0 Å². The third kappa shape index (κ3) is 3.14. The number of carboxylic acid groups (broad SMARTS) is 1. The summed E-state index contributed by atoms with van der Waals surface area (Å²) in [5.41, 5.74) is -3.47. The van der Waals surface area contributed by atoms with E-state index in [1.807, 2.05) is 0 Å². The summed E-state index contributed by atoms with van der Waals surface area (Å²) in [4.78, 5) is 20.9. The van der Waals surface area contributed by atoms with Crippen molar-refractivity contribution in [3.8, 4) is 0 Å². The fourth-order valence-corrected chi connectivity index (χ4v) is 2.53. The lowest BCUT2D eigenvalue weighted by Crippen LogP contribution is -2.55. The molecule has 2 unspecified atom stereocenters. The van der Waals surface area contributed by atoms with Crippen LogP contribution < -0.4 is 0 Å². The van der Waals surface area contributed by atoms with Crippen LogP contribution in [0.1, 0.15) is 18.9 Å². The quantitative estimate of drug-likeness (QED) is 0.647. The zero-order chi connectivity index (χ0) is 16.3. The van der Waals surface area contributed by atoms with Crippen molar-refractivity contribution in [1.29, 1.82) is 0 Å². The van der Waals surface area contributed by atoms with E-state index < -0.39 is 40.5 Å². The molecule has 0 amide bonds. The average molecular weight is 305 g/mol. The first-order valence-electron chi connectivity index (χ1n) is 6.13. The maximum Gasteiger partial charge on any atom is 0.405 e. The lowest BCUT2D eigenvalue weighted by molar-refractivity contribution is -0.504. The van der Waals surface area contributed by atoms with Gasteiger partial charge in [0.25, 0.3) is 0 Å². The molecule has 0 fully saturated rings. The third-order valence-electron chi connectivity index (χ3n) is 3.47. The van der Waals surface area contributed by atoms with Crippen molar-refractivity contribution in [2.45, 2.75) is 24.9 Å². The Bertz CT molecular complexity index is 518. The van der Waals surface area contributed by atoms with Crippen LogP contribution in [-0.2, 0) is 10.2 Å². The molecule has 1 aromatic rings. The lowest BCUT2D eigenvalue weighted by Gasteiger charge is -2.37. The minimum atomic E-state index is -5.07. The highest BCUT2D eigenvalue weighted by atomic mass is 19.4. The van der Waals surface area contributed by atoms with Gasteiger partial charge in [0.15, 0.2) is 5.41 Å². The van der Waals surface area contributed by atoms with Crippen molar-refractivity contribution >= 4 is 5.97 Å². The zero-order valence-electron chi connectivity index (χ0n) is 11.1. The molecule has 2 atom stereocenters. The number of rotatable bonds is 6. The molecule has 0 radical (unpaired) electrons. The molecule has 0 saturated heterocycles. The van der Waals surface area contributed by atoms with E-state index in [9.17, 15) is 28.1 Å². The molecule has 0 aliphatic heterocycles. The Morgan fingerprint density at radius 1 is 1.33 bits per heavy atom. The summed E-state index contributed by atoms with van der Waals surface area (Å²) < 4.78 is 41.0. The van der Waals surface area contributed by atoms with Gasteiger partial charge >= 0.3 is 12.1 Å². The summed E-state index contributed by atoms with van der Waals surface area (Å²) in [5, 5.41) is 19.9. The van der Waals surface area contributed by atoms with Crippen LogP contribution in [0.15, 0.2) is 30.3 Å². The number of nitro groups is 1. The number of nitrogens with zero attached hydrogens (tertiary/aromatic N) is 1. The number of benzene rings is 1. The molecule has 1 rings (SSSR count). The van der Waals surface area contributed by atoms with Gasteiger partial charge in [0.1, 0.15) is 0 Å². The number of carboxylic acids is 1. The van der Waals surface area contributed by atoms with E-state index in [0.717, 1.165) is 12.1 Å². The average Bonchev–Trinajstić information content (AvgIpc) is 2.37. The topological polar surface area (TPSA) is 80.4 Å². The number of aliphatic carboxylic acids is 1. The summed E-state index contributed by atoms with van der Waals surface area (Å²) in [6, 6.07) is 6.19. The van der Waals surface area contributed by atoms with E-state index in [2.05, 4.69) is 0 Å². The number of halogens is 3. The molecule has 0 aliphatic carbocycles. The first-order chi connectivity index (χ1) is 9.66. The van der Waals surface area contributed by atoms with Gasteiger partial charge in [-0.15, -0.1) is 0 Å². The highest BCUT2D eigenvalue weighted by molar-refractivity contribution is 5.73. The predicted molar refractivity (Wildman–Crippen MR) is 67.5 cm³/mol. The zero-order valence-corrected chi connectivity index (χ0v) is 11.1. The van der Waals surface area contributed by atoms with E-state index in [4.69, 9.17) is 5.11 Å². The predicted octanol–water partition coefficient (Wildman–Crippen LogP) is 2.87. The largest absolute Gasteiger partial charge is 0.481 e. The molecule has 116 valence electrons. The number of hydrogen-bond acceptors (Lipinski definition) is 3. The van der Waals surface area contributed by atoms with E-state index in [1.54, 1.807) is 0 Å². The summed E-state index contributed by atoms with van der Waals surface area (Å²) >= 11 is 0. The minimum absolute atomic E-state index is 0.377. The van der Waals surface area contributed by atoms with Gasteiger partial charge in [-0.2, -0.15) is 13.2 Å². The van der Waals surface area contributed by atoms with Gasteiger partial charge < -0.3 is 5.11 Å². The standard InChI is InChI=1S/C13H14F3NO4/c1-2-10(11(18)19)12(8-17(20)21,13(14,15)16)9-6-4-3-5-7-9/h3-7,10H,2,8H2,1H3,(H,18,19). The molecule has 0 aliphatic rings. The second-order valence-corrected chi connectivity index (χ2v) is 4.63. The molecule has 8 heteroatoms. The van der Waals surface area contributed by atoms with Crippen LogP contribution in [0.2, 0.25) is 0 Å². The molecule has 0 saturated carbocycles. The van der Waals surface area contributed by atoms with Crippen molar-refractivity contribution in [2.24, 2.45) is 5.92 Å². The normalized spacial score (nSPS) is 16.0. The van der Waals surface area contributed by atoms with Crippen molar-refractivity contribution < 1.29 is 28.0 Å². The van der Waals surface area contributed by atoms with Crippen LogP contribution in [0.4, 0.5) is 13.2 Å². The van der Waals surface area contributed by atoms with Crippen molar-refractivity contribution in [2.75, 3.05) is 6.54 Å². The van der Waals surface area contributed by atoms with Crippen LogP contribution in [0.5, 0.6) is 0 Å². The molecular weight excluding hydrogens is 291 g/mol. The summed E-state index contributed by atoms with van der Waals surface area (Å²) in [7, 11) is 0. The smallest absolute Gasteiger partial charge is 0.405 e. The van der Waals surface area contributed by atoms with Crippen LogP contribution in [-0.4, -0.2) is 28.7 Å². The summed E-state index contributed by atoms with van der Waals surface area (Å²) in [6.45, 7) is -0.256. The Labute approximate surface area is 118 Å². The van der Waals surface area contributed by atoms with Crippen LogP contribution in [0, 0.1) is 16.0 Å². The monoisotopic (exact) mass is 305 g/mol. The van der Waals surface area contributed by atoms with Crippen molar-refractivity contribution in [1.82, 2.24) is 0 Å². The first-order valence-corrected chi connectivity index (χ1v) is 6.13. The molecule has 5 nitrogen and oxygen atoms in total. The molecule has 0 aromatic heterocycles. The van der Waals surface area contributed by atoms with Gasteiger partial charge in [-0.3, -0.25) is 14.9 Å². The molecule has 1 N–H and O–H groups in total. The molecular formula is C13H14F3NO4. The van der Waals surface area contributed by atoms with Gasteiger partial charge in [0, 0.05) is 4.92 Å². The maximum absolute atomic E-state index is 13.7. The van der Waals surface area contributed by atoms with Gasteiger partial charge in [0.05, 0.1) is 5.92 Å². The van der Waals surface area contributed by atoms with E-state index >= 15 is 0 Å². The highest BCUT2D eigenvalue weighted by Gasteiger charge is 2.65. The second-order valence-electron chi connectivity index (χ2n) is 4.63. The molecule has 21 heavy (non-hydrogen) atoms. The molecule has 1 aromatic carbocycles. The van der Waals surface area contributed by atoms with Crippen molar-refractivity contribution in [3.63, 3.8) is 0 Å². The number of hydrogen-bond donors (Lipinski definition) is 1. The summed E-state index contributed by atoms with van der Waals surface area (Å²) in [5.74, 6) is -3.65. The Morgan fingerprint density at radius 3 is 2.19 bits per heavy atom. The first kappa shape index (κ1) is 16.9. The Hall–Kier alpha value is -2.12. The van der Waals surface area contributed by atoms with E-state index in [-0.39, 0.29) is 6.42 Å². The molecule has 0 heterocycles. The molecule has 0 spiro atoms.